The molecule has 16 heteroatoms. The summed E-state index contributed by atoms with van der Waals surface area (Å²) in [4.78, 5) is 93.3. The second-order valence-electron chi connectivity index (χ2n) is 15.1. The summed E-state index contributed by atoms with van der Waals surface area (Å²) in [5.74, 6) is -1.61. The van der Waals surface area contributed by atoms with Crippen LogP contribution in [0.25, 0.3) is 0 Å². The van der Waals surface area contributed by atoms with Crippen molar-refractivity contribution in [2.24, 2.45) is 5.73 Å². The molecule has 1 aliphatic heterocycles. The third-order valence-electron chi connectivity index (χ3n) is 10.3. The number of thiazole rings is 1. The molecule has 2 atom stereocenters. The van der Waals surface area contributed by atoms with Gasteiger partial charge < -0.3 is 31.6 Å². The average molecular weight is 814 g/mol. The van der Waals surface area contributed by atoms with Crippen molar-refractivity contribution in [3.63, 3.8) is 0 Å². The normalized spacial score (nSPS) is 14.8. The first-order valence-corrected chi connectivity index (χ1v) is 22.0. The van der Waals surface area contributed by atoms with Gasteiger partial charge in [-0.25, -0.2) is 4.98 Å². The monoisotopic (exact) mass is 813 g/mol. The first-order chi connectivity index (χ1) is 26.8. The minimum Gasteiger partial charge on any atom is -0.370 e. The lowest BCUT2D eigenvalue weighted by atomic mass is 9.98. The van der Waals surface area contributed by atoms with Gasteiger partial charge in [-0.05, 0) is 44.6 Å². The summed E-state index contributed by atoms with van der Waals surface area (Å²) in [5.41, 5.74) is 6.51. The van der Waals surface area contributed by atoms with E-state index in [1.54, 1.807) is 12.3 Å². The lowest BCUT2D eigenvalue weighted by molar-refractivity contribution is -0.131. The van der Waals surface area contributed by atoms with E-state index in [4.69, 9.17) is 5.73 Å². The molecule has 0 bridgehead atoms. The third-order valence-corrected chi connectivity index (χ3v) is 12.0. The molecule has 2 aromatic heterocycles. The molecule has 1 saturated carbocycles. The Morgan fingerprint density at radius 1 is 1.00 bits per heavy atom. The van der Waals surface area contributed by atoms with Gasteiger partial charge in [-0.2, -0.15) is 0 Å². The van der Waals surface area contributed by atoms with Crippen LogP contribution in [0.1, 0.15) is 161 Å². The van der Waals surface area contributed by atoms with Crippen molar-refractivity contribution < 1.29 is 28.8 Å². The highest BCUT2D eigenvalue weighted by Crippen LogP contribution is 2.50. The van der Waals surface area contributed by atoms with Crippen LogP contribution in [-0.4, -0.2) is 68.6 Å². The summed E-state index contributed by atoms with van der Waals surface area (Å²) in [6, 6.07) is -0.0703. The molecule has 4 rings (SSSR count). The maximum atomic E-state index is 13.6. The van der Waals surface area contributed by atoms with Gasteiger partial charge in [-0.3, -0.25) is 33.6 Å². The fourth-order valence-corrected chi connectivity index (χ4v) is 8.56. The Hall–Kier alpha value is -4.05. The number of unbranched alkanes of at least 4 members (excludes halogenated alkanes) is 10. The summed E-state index contributed by atoms with van der Waals surface area (Å²) >= 11 is 2.27. The highest BCUT2D eigenvalue weighted by Gasteiger charge is 2.53. The van der Waals surface area contributed by atoms with Gasteiger partial charge in [-0.1, -0.05) is 82.9 Å². The molecule has 6 N–H and O–H groups in total. The number of nitrogens with one attached hydrogen (secondary N) is 4. The van der Waals surface area contributed by atoms with Crippen LogP contribution in [0.15, 0.2) is 16.2 Å². The summed E-state index contributed by atoms with van der Waals surface area (Å²) < 4.78 is 1.51. The number of fused-ring (bicyclic) bond motifs is 2. The number of carbonyl (C=O) groups excluding carboxylic acids is 6. The highest BCUT2D eigenvalue weighted by atomic mass is 32.2. The molecule has 2 aromatic rings. The summed E-state index contributed by atoms with van der Waals surface area (Å²) in [6.07, 6.45) is 14.7. The summed E-state index contributed by atoms with van der Waals surface area (Å²) in [5, 5.41) is 13.2. The van der Waals surface area contributed by atoms with Gasteiger partial charge in [-0.15, -0.1) is 11.3 Å². The standard InChI is InChI=1S/C40H59N7O7S2/c1-4-5-6-7-8-9-10-11-12-13-14-15-33(50)44-29(23-32(41)49)37(52)43-26(2)16-17-31-36-28(40(18-19-40)46-38(36)53)22-35(51)47(31)24-34-45-30(25-56-34)39(54)55-21-20-42-27(3)48/h22,25-26,29H,4-21,23-24H2,1-3H3,(H2,41,49)(H,42,48)(H,43,52)(H,44,50)(H,46,53)/t26-,29+/m0/s1. The summed E-state index contributed by atoms with van der Waals surface area (Å²) in [7, 11) is 0. The van der Waals surface area contributed by atoms with Gasteiger partial charge in [0.1, 0.15) is 16.7 Å². The van der Waals surface area contributed by atoms with Crippen LogP contribution in [-0.2, 0) is 37.7 Å². The first kappa shape index (κ1) is 44.7. The number of hydrogen-bond donors (Lipinski definition) is 5. The van der Waals surface area contributed by atoms with E-state index < -0.39 is 29.4 Å². The topological polar surface area (TPSA) is 211 Å². The van der Waals surface area contributed by atoms with Crippen molar-refractivity contribution in [1.29, 1.82) is 0 Å². The number of primary amides is 1. The van der Waals surface area contributed by atoms with Crippen LogP contribution in [0, 0.1) is 0 Å². The van der Waals surface area contributed by atoms with E-state index in [0.717, 1.165) is 43.9 Å². The van der Waals surface area contributed by atoms with E-state index in [2.05, 4.69) is 33.2 Å². The molecule has 0 aromatic carbocycles. The second kappa shape index (κ2) is 22.0. The summed E-state index contributed by atoms with van der Waals surface area (Å²) in [6.45, 7) is 5.80. The minimum absolute atomic E-state index is 0.0445. The first-order valence-electron chi connectivity index (χ1n) is 20.2. The molecule has 2 aliphatic rings. The van der Waals surface area contributed by atoms with Crippen molar-refractivity contribution in [2.45, 2.75) is 154 Å². The van der Waals surface area contributed by atoms with Crippen LogP contribution in [0.4, 0.5) is 0 Å². The SMILES string of the molecule is CCCCCCCCCCCCCC(=O)N[C@H](CC(N)=O)C(=O)N[C@@H](C)CCc1c2c(cc(=O)n1Cc1nc(C(=O)SCCNC(C)=O)cs1)C1(CC1)NC2=O. The van der Waals surface area contributed by atoms with E-state index in [1.165, 1.54) is 73.8 Å². The number of amides is 5. The fourth-order valence-electron chi connectivity index (χ4n) is 7.08. The molecule has 0 saturated heterocycles. The maximum Gasteiger partial charge on any atom is 0.254 e. The van der Waals surface area contributed by atoms with Crippen molar-refractivity contribution in [3.8, 4) is 0 Å². The molecule has 3 heterocycles. The van der Waals surface area contributed by atoms with Gasteiger partial charge in [0.25, 0.3) is 11.5 Å². The molecule has 308 valence electrons. The van der Waals surface area contributed by atoms with E-state index in [9.17, 15) is 33.6 Å². The van der Waals surface area contributed by atoms with E-state index >= 15 is 0 Å². The van der Waals surface area contributed by atoms with Gasteiger partial charge in [0.05, 0.1) is 24.1 Å². The Labute approximate surface area is 337 Å². The highest BCUT2D eigenvalue weighted by molar-refractivity contribution is 8.14. The quantitative estimate of drug-likeness (QED) is 0.0840. The Bertz CT molecular complexity index is 1770. The Morgan fingerprint density at radius 3 is 2.29 bits per heavy atom. The molecular formula is C40H59N7O7S2. The zero-order valence-electron chi connectivity index (χ0n) is 33.1. The number of aromatic nitrogens is 2. The zero-order valence-corrected chi connectivity index (χ0v) is 34.7. The lowest BCUT2D eigenvalue weighted by Crippen LogP contribution is -2.50. The van der Waals surface area contributed by atoms with E-state index in [-0.39, 0.29) is 59.9 Å². The Morgan fingerprint density at radius 2 is 1.66 bits per heavy atom. The molecule has 56 heavy (non-hydrogen) atoms. The number of nitrogens with zero attached hydrogens (tertiary/aromatic N) is 2. The van der Waals surface area contributed by atoms with Gasteiger partial charge >= 0.3 is 0 Å². The van der Waals surface area contributed by atoms with Gasteiger partial charge in [0.15, 0.2) is 0 Å². The second-order valence-corrected chi connectivity index (χ2v) is 17.1. The third kappa shape index (κ3) is 13.6. The molecule has 1 aliphatic carbocycles. The number of pyridine rings is 1. The number of carbonyl (C=O) groups is 6. The number of nitrogens with two attached hydrogens (primary N) is 1. The van der Waals surface area contributed by atoms with Gasteiger partial charge in [0.2, 0.25) is 28.7 Å². The number of thioether (sulfide) groups is 1. The fraction of sp³-hybridized carbons (Fsp3) is 0.650. The molecule has 14 nitrogen and oxygen atoms in total. The molecular weight excluding hydrogens is 755 g/mol. The lowest BCUT2D eigenvalue weighted by Gasteiger charge is -2.22. The van der Waals surface area contributed by atoms with Crippen LogP contribution < -0.4 is 32.6 Å². The zero-order chi connectivity index (χ0) is 40.7. The van der Waals surface area contributed by atoms with Crippen molar-refractivity contribution in [1.82, 2.24) is 30.8 Å². The molecule has 5 amide bonds. The van der Waals surface area contributed by atoms with Crippen LogP contribution in [0.2, 0.25) is 0 Å². The number of hydrogen-bond acceptors (Lipinski definition) is 10. The van der Waals surface area contributed by atoms with Crippen molar-refractivity contribution in [2.75, 3.05) is 12.3 Å². The Kier molecular flexibility index (Phi) is 17.6. The van der Waals surface area contributed by atoms with Crippen molar-refractivity contribution in [3.05, 3.63) is 49.3 Å². The molecule has 0 radical (unpaired) electrons. The average Bonchev–Trinajstić information content (AvgIpc) is 3.67. The predicted molar refractivity (Wildman–Crippen MR) is 219 cm³/mol. The number of rotatable bonds is 26. The molecule has 1 spiro atoms. The van der Waals surface area contributed by atoms with Crippen LogP contribution in [0.5, 0.6) is 0 Å². The molecule has 0 unspecified atom stereocenters. The molecule has 1 fully saturated rings. The van der Waals surface area contributed by atoms with Gasteiger partial charge in [0, 0.05) is 48.8 Å². The smallest absolute Gasteiger partial charge is 0.254 e. The van der Waals surface area contributed by atoms with Crippen LogP contribution >= 0.6 is 23.1 Å². The van der Waals surface area contributed by atoms with E-state index in [1.807, 2.05) is 0 Å². The van der Waals surface area contributed by atoms with Crippen molar-refractivity contribution >= 4 is 57.7 Å². The minimum atomic E-state index is -1.12. The largest absolute Gasteiger partial charge is 0.370 e. The Balaban J connectivity index is 1.34. The van der Waals surface area contributed by atoms with Crippen LogP contribution in [0.3, 0.4) is 0 Å². The van der Waals surface area contributed by atoms with E-state index in [0.29, 0.717) is 47.0 Å². The predicted octanol–water partition coefficient (Wildman–Crippen LogP) is 4.59. The maximum absolute atomic E-state index is 13.6.